The summed E-state index contributed by atoms with van der Waals surface area (Å²) in [5.74, 6) is 0.713. The van der Waals surface area contributed by atoms with Crippen LogP contribution in [0, 0.1) is 10.1 Å². The maximum absolute atomic E-state index is 10.8. The van der Waals surface area contributed by atoms with Gasteiger partial charge in [0.05, 0.1) is 11.2 Å². The number of benzene rings is 1. The molecule has 3 aromatic rings. The minimum atomic E-state index is -0.411. The number of hydrogen-bond donors (Lipinski definition) is 0. The van der Waals surface area contributed by atoms with Crippen LogP contribution in [0.1, 0.15) is 16.9 Å². The highest BCUT2D eigenvalue weighted by atomic mass is 16.6. The Labute approximate surface area is 126 Å². The summed E-state index contributed by atoms with van der Waals surface area (Å²) in [5, 5.41) is 10.8. The molecule has 0 amide bonds. The minimum Gasteiger partial charge on any atom is -0.465 e. The minimum absolute atomic E-state index is 0.0656. The van der Waals surface area contributed by atoms with Crippen molar-refractivity contribution >= 4 is 17.3 Å². The molecular weight excluding hydrogens is 280 g/mol. The molecule has 0 bridgehead atoms. The molecule has 0 aliphatic rings. The van der Waals surface area contributed by atoms with E-state index in [4.69, 9.17) is 4.42 Å². The van der Waals surface area contributed by atoms with E-state index in [9.17, 15) is 10.1 Å². The van der Waals surface area contributed by atoms with Gasteiger partial charge >= 0.3 is 0 Å². The monoisotopic (exact) mass is 292 g/mol. The van der Waals surface area contributed by atoms with E-state index in [1.54, 1.807) is 30.8 Å². The lowest BCUT2D eigenvalue weighted by Crippen LogP contribution is -1.91. The second-order valence-corrected chi connectivity index (χ2v) is 4.61. The molecule has 2 aromatic heterocycles. The van der Waals surface area contributed by atoms with E-state index < -0.39 is 4.92 Å². The molecular formula is C17H12N2O3. The Morgan fingerprint density at radius 2 is 1.73 bits per heavy atom. The van der Waals surface area contributed by atoms with Gasteiger partial charge < -0.3 is 4.42 Å². The molecule has 108 valence electrons. The van der Waals surface area contributed by atoms with Crippen molar-refractivity contribution in [2.45, 2.75) is 0 Å². The summed E-state index contributed by atoms with van der Waals surface area (Å²) in [6, 6.07) is 13.9. The van der Waals surface area contributed by atoms with Crippen molar-refractivity contribution in [3.63, 3.8) is 0 Å². The van der Waals surface area contributed by atoms with E-state index in [0.717, 1.165) is 16.7 Å². The fourth-order valence-electron chi connectivity index (χ4n) is 2.14. The molecule has 0 unspecified atom stereocenters. The SMILES string of the molecule is O=[N+]([O-])c1ccc(/C(=C/c2ccco2)c2ccncc2)cc1. The van der Waals surface area contributed by atoms with Crippen LogP contribution in [0.3, 0.4) is 0 Å². The van der Waals surface area contributed by atoms with E-state index in [1.165, 1.54) is 12.1 Å². The molecule has 0 aliphatic heterocycles. The van der Waals surface area contributed by atoms with E-state index in [0.29, 0.717) is 5.76 Å². The number of nitrogens with zero attached hydrogens (tertiary/aromatic N) is 2. The first-order chi connectivity index (χ1) is 10.7. The van der Waals surface area contributed by atoms with Crippen molar-refractivity contribution in [3.05, 3.63) is 94.2 Å². The van der Waals surface area contributed by atoms with Crippen molar-refractivity contribution in [1.82, 2.24) is 4.98 Å². The van der Waals surface area contributed by atoms with Gasteiger partial charge in [0, 0.05) is 24.5 Å². The maximum atomic E-state index is 10.8. The molecule has 0 saturated carbocycles. The normalized spacial score (nSPS) is 11.4. The second-order valence-electron chi connectivity index (χ2n) is 4.61. The van der Waals surface area contributed by atoms with E-state index in [1.807, 2.05) is 30.3 Å². The van der Waals surface area contributed by atoms with Gasteiger partial charge in [-0.1, -0.05) is 0 Å². The van der Waals surface area contributed by atoms with Crippen LogP contribution in [0.4, 0.5) is 5.69 Å². The highest BCUT2D eigenvalue weighted by Gasteiger charge is 2.09. The lowest BCUT2D eigenvalue weighted by Gasteiger charge is -2.07. The van der Waals surface area contributed by atoms with Crippen molar-refractivity contribution in [2.75, 3.05) is 0 Å². The van der Waals surface area contributed by atoms with E-state index in [-0.39, 0.29) is 5.69 Å². The molecule has 1 aromatic carbocycles. The quantitative estimate of drug-likeness (QED) is 0.534. The van der Waals surface area contributed by atoms with Crippen LogP contribution in [-0.2, 0) is 0 Å². The third kappa shape index (κ3) is 2.93. The molecule has 0 saturated heterocycles. The predicted octanol–water partition coefficient (Wildman–Crippen LogP) is 4.17. The zero-order chi connectivity index (χ0) is 15.4. The van der Waals surface area contributed by atoms with Gasteiger partial charge in [0.2, 0.25) is 0 Å². The molecule has 0 spiro atoms. The van der Waals surface area contributed by atoms with Gasteiger partial charge in [-0.3, -0.25) is 15.1 Å². The van der Waals surface area contributed by atoms with Crippen LogP contribution in [0.5, 0.6) is 0 Å². The summed E-state index contributed by atoms with van der Waals surface area (Å²) < 4.78 is 5.37. The van der Waals surface area contributed by atoms with Crippen LogP contribution < -0.4 is 0 Å². The lowest BCUT2D eigenvalue weighted by atomic mass is 9.97. The van der Waals surface area contributed by atoms with Crippen LogP contribution in [0.15, 0.2) is 71.6 Å². The molecule has 5 heteroatoms. The lowest BCUT2D eigenvalue weighted by molar-refractivity contribution is -0.384. The molecule has 0 radical (unpaired) electrons. The smallest absolute Gasteiger partial charge is 0.269 e. The number of nitro groups is 1. The Bertz CT molecular complexity index is 792. The van der Waals surface area contributed by atoms with Gasteiger partial charge in [-0.2, -0.15) is 0 Å². The first kappa shape index (κ1) is 13.8. The Morgan fingerprint density at radius 3 is 2.32 bits per heavy atom. The van der Waals surface area contributed by atoms with Gasteiger partial charge in [0.15, 0.2) is 0 Å². The molecule has 5 nitrogen and oxygen atoms in total. The highest BCUT2D eigenvalue weighted by Crippen LogP contribution is 2.27. The highest BCUT2D eigenvalue weighted by molar-refractivity contribution is 5.90. The van der Waals surface area contributed by atoms with Crippen LogP contribution >= 0.6 is 0 Å². The van der Waals surface area contributed by atoms with Gasteiger partial charge in [0.1, 0.15) is 5.76 Å². The number of rotatable bonds is 4. The number of hydrogen-bond acceptors (Lipinski definition) is 4. The summed E-state index contributed by atoms with van der Waals surface area (Å²) in [6.45, 7) is 0. The van der Waals surface area contributed by atoms with Crippen molar-refractivity contribution in [1.29, 1.82) is 0 Å². The Hall–Kier alpha value is -3.21. The van der Waals surface area contributed by atoms with Crippen LogP contribution in [0.2, 0.25) is 0 Å². The molecule has 0 atom stereocenters. The zero-order valence-corrected chi connectivity index (χ0v) is 11.5. The Morgan fingerprint density at radius 1 is 1.05 bits per heavy atom. The fourth-order valence-corrected chi connectivity index (χ4v) is 2.14. The van der Waals surface area contributed by atoms with E-state index >= 15 is 0 Å². The number of pyridine rings is 1. The van der Waals surface area contributed by atoms with Gasteiger partial charge in [-0.25, -0.2) is 0 Å². The maximum Gasteiger partial charge on any atom is 0.269 e. The third-order valence-electron chi connectivity index (χ3n) is 3.21. The van der Waals surface area contributed by atoms with Crippen LogP contribution in [0.25, 0.3) is 11.6 Å². The molecule has 0 N–H and O–H groups in total. The number of aromatic nitrogens is 1. The largest absolute Gasteiger partial charge is 0.465 e. The Kier molecular flexibility index (Phi) is 3.78. The first-order valence-electron chi connectivity index (χ1n) is 6.64. The molecule has 2 heterocycles. The standard InChI is InChI=1S/C17H12N2O3/c20-19(21)15-5-3-13(4-6-15)17(12-16-2-1-11-22-16)14-7-9-18-10-8-14/h1-12H/b17-12-. The van der Waals surface area contributed by atoms with Crippen molar-refractivity contribution < 1.29 is 9.34 Å². The number of nitro benzene ring substituents is 1. The van der Waals surface area contributed by atoms with Crippen molar-refractivity contribution in [3.8, 4) is 0 Å². The van der Waals surface area contributed by atoms with Gasteiger partial charge in [-0.15, -0.1) is 0 Å². The summed E-state index contributed by atoms with van der Waals surface area (Å²) in [5.41, 5.74) is 2.80. The fraction of sp³-hybridized carbons (Fsp3) is 0. The summed E-state index contributed by atoms with van der Waals surface area (Å²) in [4.78, 5) is 14.4. The molecule has 0 fully saturated rings. The van der Waals surface area contributed by atoms with Crippen molar-refractivity contribution in [2.24, 2.45) is 0 Å². The first-order valence-corrected chi connectivity index (χ1v) is 6.64. The summed E-state index contributed by atoms with van der Waals surface area (Å²) >= 11 is 0. The topological polar surface area (TPSA) is 69.2 Å². The molecule has 0 aliphatic carbocycles. The van der Waals surface area contributed by atoms with Gasteiger partial charge in [0.25, 0.3) is 5.69 Å². The second kappa shape index (κ2) is 6.05. The summed E-state index contributed by atoms with van der Waals surface area (Å²) in [7, 11) is 0. The summed E-state index contributed by atoms with van der Waals surface area (Å²) in [6.07, 6.45) is 6.91. The predicted molar refractivity (Wildman–Crippen MR) is 83.0 cm³/mol. The van der Waals surface area contributed by atoms with Crippen LogP contribution in [-0.4, -0.2) is 9.91 Å². The number of furan rings is 1. The third-order valence-corrected chi connectivity index (χ3v) is 3.21. The molecule has 3 rings (SSSR count). The average molecular weight is 292 g/mol. The Balaban J connectivity index is 2.08. The van der Waals surface area contributed by atoms with Gasteiger partial charge in [-0.05, 0) is 59.2 Å². The zero-order valence-electron chi connectivity index (χ0n) is 11.5. The number of non-ortho nitro benzene ring substituents is 1. The van der Waals surface area contributed by atoms with E-state index in [2.05, 4.69) is 4.98 Å². The molecule has 22 heavy (non-hydrogen) atoms. The average Bonchev–Trinajstić information content (AvgIpc) is 3.07.